The van der Waals surface area contributed by atoms with E-state index < -0.39 is 0 Å². The second-order valence-electron chi connectivity index (χ2n) is 5.00. The van der Waals surface area contributed by atoms with Crippen molar-refractivity contribution in [1.29, 1.82) is 0 Å². The maximum absolute atomic E-state index is 6.36. The Kier molecular flexibility index (Phi) is 2.48. The van der Waals surface area contributed by atoms with E-state index in [0.717, 1.165) is 16.9 Å². The monoisotopic (exact) mass is 220 g/mol. The van der Waals surface area contributed by atoms with Gasteiger partial charge in [-0.1, -0.05) is 36.6 Å². The lowest BCUT2D eigenvalue weighted by Crippen LogP contribution is -2.17. The van der Waals surface area contributed by atoms with Crippen LogP contribution >= 0.6 is 11.6 Å². The molecule has 0 amide bonds. The second-order valence-corrected chi connectivity index (χ2v) is 5.41. The van der Waals surface area contributed by atoms with Gasteiger partial charge in [0.25, 0.3) is 0 Å². The number of halogens is 1. The lowest BCUT2D eigenvalue weighted by molar-refractivity contribution is 0.388. The first kappa shape index (κ1) is 9.72. The molecule has 15 heavy (non-hydrogen) atoms. The van der Waals surface area contributed by atoms with Crippen LogP contribution in [-0.4, -0.2) is 0 Å². The molecule has 0 atom stereocenters. The predicted molar refractivity (Wildman–Crippen MR) is 64.6 cm³/mol. The molecule has 0 N–H and O–H groups in total. The Morgan fingerprint density at radius 3 is 2.13 bits per heavy atom. The summed E-state index contributed by atoms with van der Waals surface area (Å²) in [6.07, 6.45) is 8.24. The molecule has 0 saturated heterocycles. The molecule has 0 radical (unpaired) electrons. The summed E-state index contributed by atoms with van der Waals surface area (Å²) < 4.78 is 0. The van der Waals surface area contributed by atoms with Gasteiger partial charge in [-0.3, -0.25) is 0 Å². The average Bonchev–Trinajstić information content (AvgIpc) is 2.04. The van der Waals surface area contributed by atoms with E-state index in [9.17, 15) is 0 Å². The summed E-state index contributed by atoms with van der Waals surface area (Å²) in [7, 11) is 0. The molecule has 3 rings (SSSR count). The van der Waals surface area contributed by atoms with Crippen molar-refractivity contribution in [1.82, 2.24) is 0 Å². The van der Waals surface area contributed by atoms with Crippen LogP contribution < -0.4 is 0 Å². The fourth-order valence-electron chi connectivity index (χ4n) is 2.76. The summed E-state index contributed by atoms with van der Waals surface area (Å²) in [6, 6.07) is 6.50. The number of hydrogen-bond donors (Lipinski definition) is 0. The fourth-order valence-corrected chi connectivity index (χ4v) is 3.09. The molecule has 1 aromatic carbocycles. The van der Waals surface area contributed by atoms with Crippen LogP contribution in [0, 0.1) is 0 Å². The zero-order valence-corrected chi connectivity index (χ0v) is 9.76. The largest absolute Gasteiger partial charge is 0.0840 e. The van der Waals surface area contributed by atoms with Gasteiger partial charge in [-0.2, -0.15) is 0 Å². The molecule has 2 fully saturated rings. The molecule has 0 spiro atoms. The van der Waals surface area contributed by atoms with Crippen LogP contribution in [0.3, 0.4) is 0 Å². The van der Waals surface area contributed by atoms with Crippen LogP contribution in [0.5, 0.6) is 0 Å². The summed E-state index contributed by atoms with van der Waals surface area (Å²) in [5.74, 6) is 1.59. The van der Waals surface area contributed by atoms with E-state index >= 15 is 0 Å². The molecule has 0 aromatic heterocycles. The third kappa shape index (κ3) is 1.59. The van der Waals surface area contributed by atoms with Crippen LogP contribution in [0.2, 0.25) is 5.02 Å². The molecule has 2 aliphatic rings. The third-order valence-corrected chi connectivity index (χ3v) is 4.47. The van der Waals surface area contributed by atoms with Gasteiger partial charge in [-0.05, 0) is 54.7 Å². The Labute approximate surface area is 96.6 Å². The highest BCUT2D eigenvalue weighted by Gasteiger charge is 2.29. The lowest BCUT2D eigenvalue weighted by Gasteiger charge is -2.34. The van der Waals surface area contributed by atoms with Crippen molar-refractivity contribution < 1.29 is 0 Å². The second kappa shape index (κ2) is 3.83. The van der Waals surface area contributed by atoms with E-state index in [-0.39, 0.29) is 0 Å². The standard InChI is InChI=1S/C14H17Cl/c15-13-9-3-8-12(10-4-1-5-10)14(13)11-6-2-7-11/h3,8-11H,1-2,4-7H2. The van der Waals surface area contributed by atoms with Gasteiger partial charge < -0.3 is 0 Å². The number of hydrogen-bond acceptors (Lipinski definition) is 0. The van der Waals surface area contributed by atoms with E-state index in [1.54, 1.807) is 5.56 Å². The van der Waals surface area contributed by atoms with Gasteiger partial charge in [0, 0.05) is 5.02 Å². The zero-order chi connectivity index (χ0) is 10.3. The molecule has 0 aliphatic heterocycles. The van der Waals surface area contributed by atoms with Gasteiger partial charge in [0.1, 0.15) is 0 Å². The Bertz CT molecular complexity index is 362. The van der Waals surface area contributed by atoms with Crippen LogP contribution in [0.25, 0.3) is 0 Å². The normalized spacial score (nSPS) is 22.2. The quantitative estimate of drug-likeness (QED) is 0.667. The molecular formula is C14H17Cl. The van der Waals surface area contributed by atoms with Gasteiger partial charge in [0.15, 0.2) is 0 Å². The lowest BCUT2D eigenvalue weighted by atomic mass is 9.71. The van der Waals surface area contributed by atoms with Gasteiger partial charge in [0.05, 0.1) is 0 Å². The molecular weight excluding hydrogens is 204 g/mol. The van der Waals surface area contributed by atoms with Crippen LogP contribution in [-0.2, 0) is 0 Å². The van der Waals surface area contributed by atoms with E-state index in [4.69, 9.17) is 11.6 Å². The van der Waals surface area contributed by atoms with Crippen molar-refractivity contribution in [2.75, 3.05) is 0 Å². The first-order valence-corrected chi connectivity index (χ1v) is 6.52. The minimum Gasteiger partial charge on any atom is -0.0840 e. The summed E-state index contributed by atoms with van der Waals surface area (Å²) in [5.41, 5.74) is 3.06. The van der Waals surface area contributed by atoms with Crippen molar-refractivity contribution in [2.24, 2.45) is 0 Å². The van der Waals surface area contributed by atoms with Crippen molar-refractivity contribution in [2.45, 2.75) is 50.4 Å². The highest BCUT2D eigenvalue weighted by atomic mass is 35.5. The Balaban J connectivity index is 1.99. The molecule has 0 unspecified atom stereocenters. The number of rotatable bonds is 2. The van der Waals surface area contributed by atoms with E-state index in [1.165, 1.54) is 44.1 Å². The van der Waals surface area contributed by atoms with E-state index in [2.05, 4.69) is 18.2 Å². The molecule has 1 heteroatoms. The minimum absolute atomic E-state index is 0.772. The molecule has 0 heterocycles. The summed E-state index contributed by atoms with van der Waals surface area (Å²) >= 11 is 6.36. The van der Waals surface area contributed by atoms with Crippen LogP contribution in [0.1, 0.15) is 61.5 Å². The SMILES string of the molecule is Clc1cccc(C2CCC2)c1C1CCC1. The highest BCUT2D eigenvalue weighted by molar-refractivity contribution is 6.31. The Morgan fingerprint density at radius 2 is 1.60 bits per heavy atom. The smallest absolute Gasteiger partial charge is 0.0443 e. The van der Waals surface area contributed by atoms with Gasteiger partial charge >= 0.3 is 0 Å². The summed E-state index contributed by atoms with van der Waals surface area (Å²) in [5, 5.41) is 1.02. The first-order chi connectivity index (χ1) is 7.36. The van der Waals surface area contributed by atoms with Crippen molar-refractivity contribution in [3.8, 4) is 0 Å². The van der Waals surface area contributed by atoms with Crippen molar-refractivity contribution in [3.05, 3.63) is 34.3 Å². The molecule has 2 aliphatic carbocycles. The fraction of sp³-hybridized carbons (Fsp3) is 0.571. The molecule has 2 saturated carbocycles. The van der Waals surface area contributed by atoms with Crippen molar-refractivity contribution in [3.63, 3.8) is 0 Å². The highest BCUT2D eigenvalue weighted by Crippen LogP contribution is 2.47. The predicted octanol–water partition coefficient (Wildman–Crippen LogP) is 4.88. The third-order valence-electron chi connectivity index (χ3n) is 4.15. The topological polar surface area (TPSA) is 0 Å². The Morgan fingerprint density at radius 1 is 0.933 bits per heavy atom. The number of benzene rings is 1. The average molecular weight is 221 g/mol. The summed E-state index contributed by atoms with van der Waals surface area (Å²) in [4.78, 5) is 0. The Hall–Kier alpha value is -0.490. The van der Waals surface area contributed by atoms with Crippen LogP contribution in [0.4, 0.5) is 0 Å². The maximum atomic E-state index is 6.36. The van der Waals surface area contributed by atoms with Crippen molar-refractivity contribution >= 4 is 11.6 Å². The van der Waals surface area contributed by atoms with E-state index in [1.807, 2.05) is 0 Å². The zero-order valence-electron chi connectivity index (χ0n) is 9.01. The van der Waals surface area contributed by atoms with Gasteiger partial charge in [0.2, 0.25) is 0 Å². The van der Waals surface area contributed by atoms with Gasteiger partial charge in [-0.15, -0.1) is 0 Å². The maximum Gasteiger partial charge on any atom is 0.0443 e. The molecule has 0 bridgehead atoms. The summed E-state index contributed by atoms with van der Waals surface area (Å²) in [6.45, 7) is 0. The van der Waals surface area contributed by atoms with Gasteiger partial charge in [-0.25, -0.2) is 0 Å². The molecule has 0 nitrogen and oxygen atoms in total. The molecule has 1 aromatic rings. The minimum atomic E-state index is 0.772. The van der Waals surface area contributed by atoms with Crippen LogP contribution in [0.15, 0.2) is 18.2 Å². The first-order valence-electron chi connectivity index (χ1n) is 6.14. The molecule has 80 valence electrons. The van der Waals surface area contributed by atoms with E-state index in [0.29, 0.717) is 0 Å².